The minimum atomic E-state index is -0.420. The number of hydrogen-bond acceptors (Lipinski definition) is 7. The summed E-state index contributed by atoms with van der Waals surface area (Å²) in [7, 11) is 0. The van der Waals surface area contributed by atoms with Gasteiger partial charge in [0.25, 0.3) is 11.8 Å². The Labute approximate surface area is 368 Å². The summed E-state index contributed by atoms with van der Waals surface area (Å²) in [6.07, 6.45) is 1.83. The van der Waals surface area contributed by atoms with E-state index in [4.69, 9.17) is 15.0 Å². The molecule has 0 radical (unpaired) electrons. The quantitative estimate of drug-likeness (QED) is 0.141. The summed E-state index contributed by atoms with van der Waals surface area (Å²) in [6.45, 7) is 3.74. The van der Waals surface area contributed by atoms with Gasteiger partial charge in [0.15, 0.2) is 0 Å². The summed E-state index contributed by atoms with van der Waals surface area (Å²) < 4.78 is 31.2. The van der Waals surface area contributed by atoms with Crippen LogP contribution in [0.1, 0.15) is 48.1 Å². The first-order valence-corrected chi connectivity index (χ1v) is 21.6. The third-order valence-corrected chi connectivity index (χ3v) is 12.9. The molecule has 0 spiro atoms. The van der Waals surface area contributed by atoms with Gasteiger partial charge in [-0.3, -0.25) is 9.59 Å². The molecule has 2 amide bonds. The van der Waals surface area contributed by atoms with Crippen molar-refractivity contribution in [1.82, 2.24) is 20.3 Å². The van der Waals surface area contributed by atoms with Crippen LogP contribution >= 0.6 is 22.7 Å². The van der Waals surface area contributed by atoms with Crippen LogP contribution in [-0.2, 0) is 0 Å². The largest absolute Gasteiger partial charge is 0.341 e. The second-order valence-corrected chi connectivity index (χ2v) is 17.0. The van der Waals surface area contributed by atoms with E-state index in [1.54, 1.807) is 42.5 Å². The summed E-state index contributed by atoms with van der Waals surface area (Å²) in [5.74, 6) is -0.927. The van der Waals surface area contributed by atoms with Gasteiger partial charge in [-0.05, 0) is 103 Å². The molecule has 63 heavy (non-hydrogen) atoms. The molecule has 10 rings (SSSR count). The van der Waals surface area contributed by atoms with Crippen LogP contribution in [0, 0.1) is 25.5 Å². The van der Waals surface area contributed by atoms with Crippen molar-refractivity contribution in [3.05, 3.63) is 201 Å². The number of rotatable bonds is 8. The minimum Gasteiger partial charge on any atom is -0.341 e. The monoisotopic (exact) mass is 864 g/mol. The lowest BCUT2D eigenvalue weighted by atomic mass is 9.96. The number of amides is 2. The molecule has 0 bridgehead atoms. The van der Waals surface area contributed by atoms with Crippen molar-refractivity contribution in [2.75, 3.05) is 5.32 Å². The van der Waals surface area contributed by atoms with Crippen LogP contribution in [0.3, 0.4) is 0 Å². The Morgan fingerprint density at radius 1 is 0.571 bits per heavy atom. The molecule has 8 nitrogen and oxygen atoms in total. The van der Waals surface area contributed by atoms with E-state index >= 15 is 0 Å². The molecule has 9 aromatic rings. The van der Waals surface area contributed by atoms with E-state index in [0.29, 0.717) is 71.8 Å². The third-order valence-electron chi connectivity index (χ3n) is 10.8. The SMILES string of the molecule is Cc1ccccc1C(=O)NC1=NC(=Cc2[nH]c(NC(=O)c3ccccc3C)c(-c3nc4ccccc4s3)c2-c2ccc(F)cc2)C(c2ccc(F)cc2)=C1c1nc2ccccc2s1. The van der Waals surface area contributed by atoms with Crippen LogP contribution in [0.25, 0.3) is 59.4 Å². The summed E-state index contributed by atoms with van der Waals surface area (Å²) in [5.41, 5.74) is 8.59. The fourth-order valence-corrected chi connectivity index (χ4v) is 9.79. The molecule has 4 heterocycles. The van der Waals surface area contributed by atoms with Gasteiger partial charge in [0.2, 0.25) is 0 Å². The van der Waals surface area contributed by atoms with E-state index in [-0.39, 0.29) is 17.6 Å². The number of nitrogens with zero attached hydrogens (tertiary/aromatic N) is 3. The Balaban J connectivity index is 1.25. The Morgan fingerprint density at radius 3 is 1.67 bits per heavy atom. The van der Waals surface area contributed by atoms with Gasteiger partial charge in [-0.1, -0.05) is 84.9 Å². The average Bonchev–Trinajstić information content (AvgIpc) is 4.07. The zero-order valence-corrected chi connectivity index (χ0v) is 35.3. The molecule has 0 unspecified atom stereocenters. The lowest BCUT2D eigenvalue weighted by Crippen LogP contribution is -2.31. The van der Waals surface area contributed by atoms with Gasteiger partial charge in [-0.25, -0.2) is 23.7 Å². The van der Waals surface area contributed by atoms with Gasteiger partial charge < -0.3 is 15.6 Å². The predicted octanol–water partition coefficient (Wildman–Crippen LogP) is 12.5. The molecule has 6 aromatic carbocycles. The molecule has 3 N–H and O–H groups in total. The van der Waals surface area contributed by atoms with E-state index in [1.807, 2.05) is 98.8 Å². The lowest BCUT2D eigenvalue weighted by molar-refractivity contribution is 0.0975. The number of para-hydroxylation sites is 2. The molecular formula is C51H34F2N6O2S2. The summed E-state index contributed by atoms with van der Waals surface area (Å²) in [6, 6.07) is 42.4. The number of benzene rings is 6. The minimum absolute atomic E-state index is 0.252. The number of hydrogen-bond donors (Lipinski definition) is 3. The van der Waals surface area contributed by atoms with Crippen molar-refractivity contribution < 1.29 is 18.4 Å². The van der Waals surface area contributed by atoms with Crippen LogP contribution < -0.4 is 10.6 Å². The molecule has 3 aromatic heterocycles. The third kappa shape index (κ3) is 7.56. The van der Waals surface area contributed by atoms with Gasteiger partial charge >= 0.3 is 0 Å². The highest BCUT2D eigenvalue weighted by atomic mass is 32.1. The number of carbonyl (C=O) groups excluding carboxylic acids is 2. The van der Waals surface area contributed by atoms with Crippen molar-refractivity contribution in [3.63, 3.8) is 0 Å². The number of aliphatic imine (C=N–C) groups is 1. The van der Waals surface area contributed by atoms with Crippen LogP contribution in [0.2, 0.25) is 0 Å². The number of amidine groups is 1. The van der Waals surface area contributed by atoms with Gasteiger partial charge in [-0.15, -0.1) is 22.7 Å². The molecule has 306 valence electrons. The number of thiazole rings is 2. The van der Waals surface area contributed by atoms with Crippen LogP contribution in [-0.4, -0.2) is 32.6 Å². The van der Waals surface area contributed by atoms with Crippen molar-refractivity contribution >= 4 is 83.8 Å². The maximum Gasteiger partial charge on any atom is 0.257 e. The standard InChI is InChI=1S/C51H34F2N6O2S2/c1-28-11-3-5-13-34(28)48(60)58-46-44(50-56-36-15-7-9-17-40(36)62-50)42(30-19-23-32(52)24-20-30)38(54-46)27-39-43(31-21-25-33(53)26-22-31)45(51-57-37-16-8-10-18-41(37)63-51)47(55-39)59-49(61)35-14-6-4-12-29(35)2/h3-27,54H,1-2H3,(H,58,60)(H,55,59,61). The normalized spacial score (nSPS) is 13.3. The second-order valence-electron chi connectivity index (χ2n) is 14.9. The number of fused-ring (bicyclic) bond motifs is 2. The van der Waals surface area contributed by atoms with E-state index in [0.717, 1.165) is 31.6 Å². The smallest absolute Gasteiger partial charge is 0.257 e. The Hall–Kier alpha value is -7.67. The highest BCUT2D eigenvalue weighted by Gasteiger charge is 2.32. The fraction of sp³-hybridized carbons (Fsp3) is 0.0392. The molecular weight excluding hydrogens is 831 g/mol. The number of H-pyrrole nitrogens is 1. The van der Waals surface area contributed by atoms with Crippen molar-refractivity contribution in [2.24, 2.45) is 4.99 Å². The maximum absolute atomic E-state index is 14.7. The average molecular weight is 865 g/mol. The lowest BCUT2D eigenvalue weighted by Gasteiger charge is -2.11. The molecule has 1 aliphatic heterocycles. The van der Waals surface area contributed by atoms with Crippen molar-refractivity contribution in [2.45, 2.75) is 13.8 Å². The molecule has 12 heteroatoms. The number of allylic oxidation sites excluding steroid dienone is 1. The molecule has 0 aliphatic carbocycles. The summed E-state index contributed by atoms with van der Waals surface area (Å²) in [4.78, 5) is 47.0. The van der Waals surface area contributed by atoms with Crippen LogP contribution in [0.5, 0.6) is 0 Å². The molecule has 0 saturated heterocycles. The van der Waals surface area contributed by atoms with E-state index < -0.39 is 11.6 Å². The number of halogens is 2. The number of anilines is 1. The van der Waals surface area contributed by atoms with Crippen LogP contribution in [0.4, 0.5) is 14.6 Å². The van der Waals surface area contributed by atoms with Gasteiger partial charge in [0, 0.05) is 22.3 Å². The number of nitrogens with one attached hydrogen (secondary N) is 3. The number of aromatic amines is 1. The van der Waals surface area contributed by atoms with Gasteiger partial charge in [0.1, 0.15) is 33.3 Å². The summed E-state index contributed by atoms with van der Waals surface area (Å²) >= 11 is 2.91. The number of aromatic nitrogens is 3. The maximum atomic E-state index is 14.7. The molecule has 1 aliphatic rings. The van der Waals surface area contributed by atoms with Gasteiger partial charge in [0.05, 0.1) is 43.0 Å². The molecule has 0 fully saturated rings. The first-order chi connectivity index (χ1) is 30.7. The highest BCUT2D eigenvalue weighted by Crippen LogP contribution is 2.47. The Bertz CT molecular complexity index is 3310. The second kappa shape index (κ2) is 16.3. The number of aryl methyl sites for hydroxylation is 2. The van der Waals surface area contributed by atoms with E-state index in [1.165, 1.54) is 46.9 Å². The Kier molecular flexibility index (Phi) is 10.2. The van der Waals surface area contributed by atoms with Crippen LogP contribution in [0.15, 0.2) is 156 Å². The Morgan fingerprint density at radius 2 is 1.08 bits per heavy atom. The topological polar surface area (TPSA) is 112 Å². The van der Waals surface area contributed by atoms with Crippen molar-refractivity contribution in [3.8, 4) is 21.7 Å². The zero-order chi connectivity index (χ0) is 43.2. The van der Waals surface area contributed by atoms with Crippen molar-refractivity contribution in [1.29, 1.82) is 0 Å². The highest BCUT2D eigenvalue weighted by molar-refractivity contribution is 7.21. The predicted molar refractivity (Wildman–Crippen MR) is 251 cm³/mol. The van der Waals surface area contributed by atoms with E-state index in [2.05, 4.69) is 15.6 Å². The number of carbonyl (C=O) groups is 2. The zero-order valence-electron chi connectivity index (χ0n) is 33.7. The molecule has 0 atom stereocenters. The van der Waals surface area contributed by atoms with Gasteiger partial charge in [-0.2, -0.15) is 0 Å². The molecule has 0 saturated carbocycles. The summed E-state index contributed by atoms with van der Waals surface area (Å²) in [5, 5.41) is 7.46. The first kappa shape index (κ1) is 39.5. The first-order valence-electron chi connectivity index (χ1n) is 20.0. The van der Waals surface area contributed by atoms with E-state index in [9.17, 15) is 18.4 Å². The fourth-order valence-electron chi connectivity index (χ4n) is 7.75.